The quantitative estimate of drug-likeness (QED) is 0.317. The minimum Gasteiger partial charge on any atom is -0.494 e. The lowest BCUT2D eigenvalue weighted by atomic mass is 9.98. The smallest absolute Gasteiger partial charge is 0.494 e. The van der Waals surface area contributed by atoms with Gasteiger partial charge in [0, 0.05) is 24.8 Å². The number of alkyl halides is 3. The van der Waals surface area contributed by atoms with Crippen molar-refractivity contribution in [2.45, 2.75) is 51.4 Å². The van der Waals surface area contributed by atoms with Gasteiger partial charge in [0.15, 0.2) is 11.9 Å². The third-order valence-corrected chi connectivity index (χ3v) is 6.77. The van der Waals surface area contributed by atoms with Crippen molar-refractivity contribution in [2.24, 2.45) is 0 Å². The van der Waals surface area contributed by atoms with Crippen molar-refractivity contribution in [1.82, 2.24) is 4.90 Å². The number of aromatic nitrogens is 1. The fraction of sp³-hybridized carbons (Fsp3) is 0.444. The molecule has 2 aliphatic heterocycles. The Kier molecular flexibility index (Phi) is 6.63. The number of hydrogen-bond donors (Lipinski definition) is 0. The van der Waals surface area contributed by atoms with E-state index < -0.39 is 6.36 Å². The second-order valence-corrected chi connectivity index (χ2v) is 9.17. The van der Waals surface area contributed by atoms with Crippen LogP contribution in [0.2, 0.25) is 0 Å². The standard InChI is InChI=1S/C27H30F3N2O2/c28-27(29,30)34-21-9-7-20(8-10-21)25-19-32-16-4-6-26(32)24-18-22(11-12-23(24)25)33-17-5-15-31-13-2-1-3-14-31/h7-12,18-19H,1-6,13-17H2/q+1. The highest BCUT2D eigenvalue weighted by atomic mass is 19.4. The van der Waals surface area contributed by atoms with Crippen LogP contribution in [-0.2, 0) is 13.0 Å². The van der Waals surface area contributed by atoms with E-state index in [0.717, 1.165) is 60.0 Å². The lowest BCUT2D eigenvalue weighted by molar-refractivity contribution is -0.689. The molecule has 1 fully saturated rings. The van der Waals surface area contributed by atoms with Crippen molar-refractivity contribution in [2.75, 3.05) is 26.2 Å². The summed E-state index contributed by atoms with van der Waals surface area (Å²) in [4.78, 5) is 2.52. The van der Waals surface area contributed by atoms with Gasteiger partial charge in [-0.3, -0.25) is 0 Å². The van der Waals surface area contributed by atoms with Crippen LogP contribution >= 0.6 is 0 Å². The van der Waals surface area contributed by atoms with Gasteiger partial charge in [0.05, 0.1) is 17.6 Å². The minimum absolute atomic E-state index is 0.213. The summed E-state index contributed by atoms with van der Waals surface area (Å²) >= 11 is 0. The second kappa shape index (κ2) is 9.82. The second-order valence-electron chi connectivity index (χ2n) is 9.17. The predicted molar refractivity (Wildman–Crippen MR) is 125 cm³/mol. The molecule has 3 aromatic rings. The largest absolute Gasteiger partial charge is 0.573 e. The molecule has 4 nitrogen and oxygen atoms in total. The van der Waals surface area contributed by atoms with Gasteiger partial charge in [-0.1, -0.05) is 18.6 Å². The van der Waals surface area contributed by atoms with E-state index >= 15 is 0 Å². The number of likely N-dealkylation sites (tertiary alicyclic amines) is 1. The summed E-state index contributed by atoms with van der Waals surface area (Å²) in [6.07, 6.45) is 4.47. The van der Waals surface area contributed by atoms with Crippen LogP contribution in [0, 0.1) is 0 Å². The van der Waals surface area contributed by atoms with Crippen LogP contribution in [-0.4, -0.2) is 37.5 Å². The average Bonchev–Trinajstić information content (AvgIpc) is 3.31. The first kappa shape index (κ1) is 23.0. The van der Waals surface area contributed by atoms with E-state index in [1.165, 1.54) is 50.2 Å². The first-order valence-electron chi connectivity index (χ1n) is 12.2. The molecule has 3 heterocycles. The van der Waals surface area contributed by atoms with Gasteiger partial charge in [0.2, 0.25) is 0 Å². The Morgan fingerprint density at radius 3 is 2.41 bits per heavy atom. The number of pyridine rings is 1. The number of halogens is 3. The van der Waals surface area contributed by atoms with Crippen LogP contribution in [0.5, 0.6) is 11.5 Å². The molecule has 1 aromatic heterocycles. The van der Waals surface area contributed by atoms with E-state index in [-0.39, 0.29) is 5.75 Å². The van der Waals surface area contributed by atoms with Crippen molar-refractivity contribution >= 4 is 10.8 Å². The zero-order valence-electron chi connectivity index (χ0n) is 19.2. The Morgan fingerprint density at radius 1 is 0.882 bits per heavy atom. The number of hydrogen-bond acceptors (Lipinski definition) is 3. The molecule has 0 spiro atoms. The first-order chi connectivity index (χ1) is 16.5. The molecule has 0 N–H and O–H groups in total. The highest BCUT2D eigenvalue weighted by molar-refractivity contribution is 5.97. The molecule has 2 aromatic carbocycles. The lowest BCUT2D eigenvalue weighted by Crippen LogP contribution is -2.33. The summed E-state index contributed by atoms with van der Waals surface area (Å²) < 4.78 is 50.0. The monoisotopic (exact) mass is 471 g/mol. The number of nitrogens with zero attached hydrogens (tertiary/aromatic N) is 2. The molecule has 0 saturated carbocycles. The van der Waals surface area contributed by atoms with Gasteiger partial charge in [-0.2, -0.15) is 0 Å². The molecule has 0 radical (unpaired) electrons. The van der Waals surface area contributed by atoms with Crippen LogP contribution < -0.4 is 14.0 Å². The van der Waals surface area contributed by atoms with E-state index in [1.54, 1.807) is 12.1 Å². The van der Waals surface area contributed by atoms with Crippen molar-refractivity contribution < 1.29 is 27.2 Å². The molecule has 34 heavy (non-hydrogen) atoms. The van der Waals surface area contributed by atoms with Gasteiger partial charge >= 0.3 is 6.36 Å². The number of benzene rings is 2. The molecule has 1 saturated heterocycles. The maximum Gasteiger partial charge on any atom is 0.573 e. The fourth-order valence-corrected chi connectivity index (χ4v) is 5.17. The molecule has 5 rings (SSSR count). The van der Waals surface area contributed by atoms with Gasteiger partial charge in [-0.15, -0.1) is 13.2 Å². The van der Waals surface area contributed by atoms with E-state index in [0.29, 0.717) is 6.61 Å². The highest BCUT2D eigenvalue weighted by Crippen LogP contribution is 2.34. The fourth-order valence-electron chi connectivity index (χ4n) is 5.17. The molecule has 0 amide bonds. The highest BCUT2D eigenvalue weighted by Gasteiger charge is 2.31. The zero-order valence-corrected chi connectivity index (χ0v) is 19.2. The van der Waals surface area contributed by atoms with Gasteiger partial charge in [0.25, 0.3) is 0 Å². The number of piperidine rings is 1. The minimum atomic E-state index is -4.69. The third kappa shape index (κ3) is 5.30. The molecule has 180 valence electrons. The topological polar surface area (TPSA) is 25.6 Å². The zero-order chi connectivity index (χ0) is 23.5. The maximum absolute atomic E-state index is 12.5. The number of fused-ring (bicyclic) bond motifs is 3. The summed E-state index contributed by atoms with van der Waals surface area (Å²) in [6.45, 7) is 5.11. The number of aryl methyl sites for hydroxylation is 2. The summed E-state index contributed by atoms with van der Waals surface area (Å²) in [5.41, 5.74) is 3.14. The SMILES string of the molecule is FC(F)(F)Oc1ccc(-c2c[n+]3c(c4cc(OCCCN5CCCCC5)ccc24)CCC3)cc1. The Morgan fingerprint density at radius 2 is 1.65 bits per heavy atom. The van der Waals surface area contributed by atoms with Crippen molar-refractivity contribution in [3.05, 3.63) is 54.4 Å². The first-order valence-corrected chi connectivity index (χ1v) is 12.2. The molecular formula is C27H30F3N2O2+. The average molecular weight is 472 g/mol. The molecule has 2 aliphatic rings. The molecule has 7 heteroatoms. The van der Waals surface area contributed by atoms with E-state index in [1.807, 2.05) is 6.07 Å². The van der Waals surface area contributed by atoms with E-state index in [4.69, 9.17) is 4.74 Å². The normalized spacial score (nSPS) is 16.6. The molecule has 0 bridgehead atoms. The summed E-state index contributed by atoms with van der Waals surface area (Å²) in [6, 6.07) is 12.3. The summed E-state index contributed by atoms with van der Waals surface area (Å²) in [5.74, 6) is 0.654. The number of ether oxygens (including phenoxy) is 2. The van der Waals surface area contributed by atoms with Gasteiger partial charge in [-0.05, 0) is 68.2 Å². The van der Waals surface area contributed by atoms with Gasteiger partial charge in [0.1, 0.15) is 18.0 Å². The van der Waals surface area contributed by atoms with E-state index in [2.05, 4.69) is 32.5 Å². The lowest BCUT2D eigenvalue weighted by Gasteiger charge is -2.26. The number of rotatable bonds is 7. The van der Waals surface area contributed by atoms with Crippen LogP contribution in [0.3, 0.4) is 0 Å². The summed E-state index contributed by atoms with van der Waals surface area (Å²) in [5, 5.41) is 2.23. The van der Waals surface area contributed by atoms with Crippen molar-refractivity contribution in [1.29, 1.82) is 0 Å². The van der Waals surface area contributed by atoms with Crippen molar-refractivity contribution in [3.8, 4) is 22.6 Å². The Hall–Kier alpha value is -2.80. The van der Waals surface area contributed by atoms with Crippen molar-refractivity contribution in [3.63, 3.8) is 0 Å². The van der Waals surface area contributed by atoms with Crippen LogP contribution in [0.4, 0.5) is 13.2 Å². The molecule has 0 aliphatic carbocycles. The molecule has 0 unspecified atom stereocenters. The maximum atomic E-state index is 12.5. The Balaban J connectivity index is 1.36. The predicted octanol–water partition coefficient (Wildman–Crippen LogP) is 5.89. The third-order valence-electron chi connectivity index (χ3n) is 6.77. The molecule has 0 atom stereocenters. The van der Waals surface area contributed by atoms with Crippen LogP contribution in [0.25, 0.3) is 21.9 Å². The Bertz CT molecular complexity index is 1140. The van der Waals surface area contributed by atoms with Crippen LogP contribution in [0.1, 0.15) is 37.8 Å². The molecular weight excluding hydrogens is 441 g/mol. The Labute approximate surface area is 197 Å². The van der Waals surface area contributed by atoms with Gasteiger partial charge in [-0.25, -0.2) is 4.57 Å². The van der Waals surface area contributed by atoms with E-state index in [9.17, 15) is 13.2 Å². The van der Waals surface area contributed by atoms with Gasteiger partial charge < -0.3 is 14.4 Å². The summed E-state index contributed by atoms with van der Waals surface area (Å²) in [7, 11) is 0. The van der Waals surface area contributed by atoms with Crippen LogP contribution in [0.15, 0.2) is 48.7 Å².